The number of benzene rings is 2. The van der Waals surface area contributed by atoms with Gasteiger partial charge in [-0.2, -0.15) is 0 Å². The molecule has 2 aromatic carbocycles. The molecule has 2 aromatic rings. The molecular formula is C31H38N2O7. The van der Waals surface area contributed by atoms with Crippen LogP contribution in [0.2, 0.25) is 0 Å². The Bertz CT molecular complexity index is 1280. The van der Waals surface area contributed by atoms with E-state index in [0.717, 1.165) is 30.9 Å². The van der Waals surface area contributed by atoms with E-state index >= 15 is 0 Å². The van der Waals surface area contributed by atoms with Crippen molar-refractivity contribution in [2.45, 2.75) is 45.8 Å². The molecule has 0 spiro atoms. The van der Waals surface area contributed by atoms with Gasteiger partial charge in [0.05, 0.1) is 38.0 Å². The molecule has 9 nitrogen and oxygen atoms in total. The Labute approximate surface area is 235 Å². The van der Waals surface area contributed by atoms with Crippen LogP contribution >= 0.6 is 0 Å². The van der Waals surface area contributed by atoms with Crippen LogP contribution in [0.1, 0.15) is 49.9 Å². The van der Waals surface area contributed by atoms with Crippen molar-refractivity contribution in [3.05, 3.63) is 58.7 Å². The topological polar surface area (TPSA) is 97.8 Å². The number of rotatable bonds is 10. The molecule has 0 aromatic heterocycles. The normalized spacial score (nSPS) is 22.3. The van der Waals surface area contributed by atoms with Gasteiger partial charge in [-0.25, -0.2) is 0 Å². The molecule has 0 radical (unpaired) electrons. The fourth-order valence-corrected chi connectivity index (χ4v) is 5.71. The van der Waals surface area contributed by atoms with Crippen molar-refractivity contribution in [1.82, 2.24) is 9.80 Å². The summed E-state index contributed by atoms with van der Waals surface area (Å²) in [7, 11) is 0. The number of carbonyl (C=O) groups is 2. The van der Waals surface area contributed by atoms with Gasteiger partial charge in [-0.05, 0) is 68.7 Å². The number of ketones is 1. The van der Waals surface area contributed by atoms with Crippen molar-refractivity contribution in [2.75, 3.05) is 52.6 Å². The highest BCUT2D eigenvalue weighted by Crippen LogP contribution is 2.43. The lowest BCUT2D eigenvalue weighted by molar-refractivity contribution is -0.140. The predicted octanol–water partition coefficient (Wildman–Crippen LogP) is 3.95. The number of ether oxygens (including phenoxy) is 4. The summed E-state index contributed by atoms with van der Waals surface area (Å²) in [5, 5.41) is 11.6. The second-order valence-electron chi connectivity index (χ2n) is 10.3. The van der Waals surface area contributed by atoms with E-state index in [0.29, 0.717) is 68.4 Å². The van der Waals surface area contributed by atoms with Gasteiger partial charge in [0.1, 0.15) is 17.6 Å². The highest BCUT2D eigenvalue weighted by Gasteiger charge is 2.46. The Morgan fingerprint density at radius 1 is 1.00 bits per heavy atom. The minimum absolute atomic E-state index is 0.0466. The van der Waals surface area contributed by atoms with Crippen LogP contribution in [0, 0.1) is 0 Å². The van der Waals surface area contributed by atoms with Crippen molar-refractivity contribution in [3.63, 3.8) is 0 Å². The molecule has 1 N–H and O–H groups in total. The summed E-state index contributed by atoms with van der Waals surface area (Å²) in [5.41, 5.74) is 2.21. The summed E-state index contributed by atoms with van der Waals surface area (Å²) in [6.07, 6.45) is 1.45. The first kappa shape index (κ1) is 28.0. The van der Waals surface area contributed by atoms with Crippen molar-refractivity contribution in [3.8, 4) is 17.2 Å². The van der Waals surface area contributed by atoms with Crippen LogP contribution in [0.25, 0.3) is 5.76 Å². The van der Waals surface area contributed by atoms with Crippen molar-refractivity contribution in [1.29, 1.82) is 0 Å². The number of amides is 1. The first-order valence-corrected chi connectivity index (χ1v) is 14.2. The molecular weight excluding hydrogens is 512 g/mol. The van der Waals surface area contributed by atoms with Gasteiger partial charge in [-0.3, -0.25) is 14.5 Å². The maximum absolute atomic E-state index is 13.5. The number of likely N-dealkylation sites (tertiary alicyclic amines) is 1. The number of hydrogen-bond donors (Lipinski definition) is 1. The molecule has 0 aliphatic carbocycles. The van der Waals surface area contributed by atoms with Gasteiger partial charge in [-0.15, -0.1) is 0 Å². The molecule has 2 atom stereocenters. The standard InChI is InChI=1S/C31H38N2O7/c1-4-38-25-10-7-21(19-26(25)39-5-2)28-27(29(34)22-8-9-24-23(18-22)17-20(3)40-24)30(35)31(36)33(28)12-6-11-32-13-15-37-16-14-32/h7-10,18-20,28,34H,4-6,11-17H2,1-3H3/b29-27-. The van der Waals surface area contributed by atoms with Crippen LogP contribution in [0.15, 0.2) is 42.0 Å². The molecule has 214 valence electrons. The highest BCUT2D eigenvalue weighted by molar-refractivity contribution is 6.46. The van der Waals surface area contributed by atoms with E-state index in [2.05, 4.69) is 4.90 Å². The lowest BCUT2D eigenvalue weighted by atomic mass is 9.94. The van der Waals surface area contributed by atoms with Gasteiger partial charge in [-0.1, -0.05) is 6.07 Å². The van der Waals surface area contributed by atoms with Crippen LogP contribution in [-0.4, -0.2) is 85.3 Å². The van der Waals surface area contributed by atoms with Crippen LogP contribution in [-0.2, 0) is 20.7 Å². The van der Waals surface area contributed by atoms with Gasteiger partial charge in [0.25, 0.3) is 11.7 Å². The second kappa shape index (κ2) is 12.3. The second-order valence-corrected chi connectivity index (χ2v) is 10.3. The molecule has 5 rings (SSSR count). The minimum Gasteiger partial charge on any atom is -0.507 e. The molecule has 0 bridgehead atoms. The Morgan fingerprint density at radius 3 is 2.50 bits per heavy atom. The molecule has 2 fully saturated rings. The monoisotopic (exact) mass is 550 g/mol. The number of hydrogen-bond acceptors (Lipinski definition) is 8. The van der Waals surface area contributed by atoms with E-state index in [4.69, 9.17) is 18.9 Å². The van der Waals surface area contributed by atoms with E-state index in [1.54, 1.807) is 17.0 Å². The minimum atomic E-state index is -0.761. The number of carbonyl (C=O) groups excluding carboxylic acids is 2. The fourth-order valence-electron chi connectivity index (χ4n) is 5.71. The number of morpholine rings is 1. The van der Waals surface area contributed by atoms with Gasteiger partial charge < -0.3 is 29.0 Å². The average molecular weight is 551 g/mol. The number of fused-ring (bicyclic) bond motifs is 1. The van der Waals surface area contributed by atoms with Gasteiger partial charge in [0.2, 0.25) is 0 Å². The predicted molar refractivity (Wildman–Crippen MR) is 150 cm³/mol. The van der Waals surface area contributed by atoms with Gasteiger partial charge in [0.15, 0.2) is 11.5 Å². The van der Waals surface area contributed by atoms with E-state index in [1.165, 1.54) is 0 Å². The Hall–Kier alpha value is -3.56. The maximum atomic E-state index is 13.5. The van der Waals surface area contributed by atoms with Crippen LogP contribution in [0.4, 0.5) is 0 Å². The van der Waals surface area contributed by atoms with E-state index < -0.39 is 17.7 Å². The summed E-state index contributed by atoms with van der Waals surface area (Å²) in [6.45, 7) is 10.9. The van der Waals surface area contributed by atoms with E-state index in [9.17, 15) is 14.7 Å². The Kier molecular flexibility index (Phi) is 8.61. The molecule has 3 aliphatic rings. The summed E-state index contributed by atoms with van der Waals surface area (Å²) < 4.78 is 22.9. The lowest BCUT2D eigenvalue weighted by Gasteiger charge is -2.29. The maximum Gasteiger partial charge on any atom is 0.295 e. The van der Waals surface area contributed by atoms with Gasteiger partial charge in [0, 0.05) is 38.2 Å². The van der Waals surface area contributed by atoms with E-state index in [1.807, 2.05) is 45.0 Å². The molecule has 1 amide bonds. The summed E-state index contributed by atoms with van der Waals surface area (Å²) >= 11 is 0. The van der Waals surface area contributed by atoms with Crippen molar-refractivity contribution >= 4 is 17.4 Å². The first-order chi connectivity index (χ1) is 19.4. The lowest BCUT2D eigenvalue weighted by Crippen LogP contribution is -2.39. The average Bonchev–Trinajstić information content (AvgIpc) is 3.45. The zero-order valence-corrected chi connectivity index (χ0v) is 23.5. The zero-order valence-electron chi connectivity index (χ0n) is 23.5. The third-order valence-corrected chi connectivity index (χ3v) is 7.57. The molecule has 2 saturated heterocycles. The molecule has 2 unspecified atom stereocenters. The van der Waals surface area contributed by atoms with Crippen molar-refractivity contribution < 1.29 is 33.6 Å². The highest BCUT2D eigenvalue weighted by atomic mass is 16.5. The van der Waals surface area contributed by atoms with Gasteiger partial charge >= 0.3 is 0 Å². The summed E-state index contributed by atoms with van der Waals surface area (Å²) in [4.78, 5) is 30.9. The Morgan fingerprint density at radius 2 is 1.75 bits per heavy atom. The molecule has 9 heteroatoms. The van der Waals surface area contributed by atoms with E-state index in [-0.39, 0.29) is 17.4 Å². The number of nitrogens with zero attached hydrogens (tertiary/aromatic N) is 2. The zero-order chi connectivity index (χ0) is 28.2. The quantitative estimate of drug-likeness (QED) is 0.270. The third-order valence-electron chi connectivity index (χ3n) is 7.57. The number of Topliss-reactive ketones (excluding diaryl/α,β-unsaturated/α-hetero) is 1. The SMILES string of the molecule is CCOc1ccc(C2/C(=C(/O)c3ccc4c(c3)CC(C)O4)C(=O)C(=O)N2CCCN2CCOCC2)cc1OCC. The molecule has 0 saturated carbocycles. The number of aliphatic hydroxyl groups is 1. The Balaban J connectivity index is 1.53. The third kappa shape index (κ3) is 5.67. The molecule has 40 heavy (non-hydrogen) atoms. The smallest absolute Gasteiger partial charge is 0.295 e. The van der Waals surface area contributed by atoms with Crippen LogP contribution < -0.4 is 14.2 Å². The number of aliphatic hydroxyl groups excluding tert-OH is 1. The van der Waals surface area contributed by atoms with Crippen LogP contribution in [0.5, 0.6) is 17.2 Å². The summed E-state index contributed by atoms with van der Waals surface area (Å²) in [5.74, 6) is 0.407. The summed E-state index contributed by atoms with van der Waals surface area (Å²) in [6, 6.07) is 10.1. The first-order valence-electron chi connectivity index (χ1n) is 14.2. The largest absolute Gasteiger partial charge is 0.507 e. The fraction of sp³-hybridized carbons (Fsp3) is 0.484. The molecule has 3 heterocycles. The van der Waals surface area contributed by atoms with Crippen LogP contribution in [0.3, 0.4) is 0 Å². The van der Waals surface area contributed by atoms with Crippen molar-refractivity contribution in [2.24, 2.45) is 0 Å². The molecule has 3 aliphatic heterocycles.